The highest BCUT2D eigenvalue weighted by molar-refractivity contribution is 9.11. The molecule has 0 aliphatic rings. The predicted molar refractivity (Wildman–Crippen MR) is 79.8 cm³/mol. The molecule has 0 amide bonds. The van der Waals surface area contributed by atoms with E-state index < -0.39 is 0 Å². The van der Waals surface area contributed by atoms with Crippen molar-refractivity contribution in [2.75, 3.05) is 6.54 Å². The number of hydrogen-bond donors (Lipinski definition) is 1. The highest BCUT2D eigenvalue weighted by Crippen LogP contribution is 2.35. The minimum absolute atomic E-state index is 0.393. The molecule has 2 aromatic rings. The lowest BCUT2D eigenvalue weighted by Crippen LogP contribution is -2.18. The summed E-state index contributed by atoms with van der Waals surface area (Å²) in [7, 11) is 0. The fourth-order valence-electron chi connectivity index (χ4n) is 1.49. The van der Waals surface area contributed by atoms with Crippen molar-refractivity contribution in [2.24, 2.45) is 0 Å². The summed E-state index contributed by atoms with van der Waals surface area (Å²) in [5, 5.41) is 4.60. The molecule has 0 aliphatic carbocycles. The molecule has 2 rings (SSSR count). The van der Waals surface area contributed by atoms with E-state index in [9.17, 15) is 0 Å². The summed E-state index contributed by atoms with van der Waals surface area (Å²) in [4.78, 5) is 7.03. The van der Waals surface area contributed by atoms with Crippen molar-refractivity contribution < 1.29 is 0 Å². The third-order valence-electron chi connectivity index (χ3n) is 2.43. The number of hydrogen-bond acceptors (Lipinski definition) is 4. The zero-order valence-electron chi connectivity index (χ0n) is 9.87. The Morgan fingerprint density at radius 3 is 2.88 bits per heavy atom. The molecular formula is C12H15BrN2S2. The van der Waals surface area contributed by atoms with E-state index in [0.29, 0.717) is 6.04 Å². The van der Waals surface area contributed by atoms with Crippen molar-refractivity contribution >= 4 is 38.6 Å². The summed E-state index contributed by atoms with van der Waals surface area (Å²) in [6.45, 7) is 5.43. The van der Waals surface area contributed by atoms with Crippen molar-refractivity contribution in [1.82, 2.24) is 10.3 Å². The maximum absolute atomic E-state index is 4.50. The van der Waals surface area contributed by atoms with Crippen LogP contribution in [0, 0.1) is 0 Å². The monoisotopic (exact) mass is 330 g/mol. The van der Waals surface area contributed by atoms with Crippen LogP contribution in [0.5, 0.6) is 0 Å². The van der Waals surface area contributed by atoms with E-state index in [2.05, 4.69) is 52.2 Å². The van der Waals surface area contributed by atoms with Gasteiger partial charge in [-0.1, -0.05) is 6.92 Å². The van der Waals surface area contributed by atoms with Crippen molar-refractivity contribution in [3.05, 3.63) is 27.0 Å². The first-order valence-corrected chi connectivity index (χ1v) is 8.08. The van der Waals surface area contributed by atoms with Gasteiger partial charge in [-0.05, 0) is 48.0 Å². The van der Waals surface area contributed by atoms with Gasteiger partial charge in [0, 0.05) is 17.1 Å². The fraction of sp³-hybridized carbons (Fsp3) is 0.417. The normalized spacial score (nSPS) is 12.9. The van der Waals surface area contributed by atoms with E-state index in [-0.39, 0.29) is 0 Å². The average Bonchev–Trinajstić information content (AvgIpc) is 2.93. The van der Waals surface area contributed by atoms with E-state index in [1.165, 1.54) is 9.75 Å². The largest absolute Gasteiger partial charge is 0.309 e. The molecule has 17 heavy (non-hydrogen) atoms. The molecule has 5 heteroatoms. The number of rotatable bonds is 5. The van der Waals surface area contributed by atoms with Gasteiger partial charge in [-0.2, -0.15) is 0 Å². The van der Waals surface area contributed by atoms with Gasteiger partial charge in [0.05, 0.1) is 8.66 Å². The SMILES string of the molecule is CCCNC(C)c1cnc(-c2ccc(Br)s2)s1. The van der Waals surface area contributed by atoms with Crippen LogP contribution in [0.15, 0.2) is 22.1 Å². The van der Waals surface area contributed by atoms with Crippen molar-refractivity contribution in [3.8, 4) is 9.88 Å². The van der Waals surface area contributed by atoms with E-state index in [1.54, 1.807) is 22.7 Å². The van der Waals surface area contributed by atoms with E-state index in [1.807, 2.05) is 6.20 Å². The smallest absolute Gasteiger partial charge is 0.133 e. The van der Waals surface area contributed by atoms with Crippen LogP contribution in [0.3, 0.4) is 0 Å². The minimum atomic E-state index is 0.393. The maximum Gasteiger partial charge on any atom is 0.133 e. The highest BCUT2D eigenvalue weighted by Gasteiger charge is 2.11. The molecule has 0 aliphatic heterocycles. The molecule has 2 nitrogen and oxygen atoms in total. The first kappa shape index (κ1) is 13.2. The van der Waals surface area contributed by atoms with Gasteiger partial charge >= 0.3 is 0 Å². The quantitative estimate of drug-likeness (QED) is 0.859. The summed E-state index contributed by atoms with van der Waals surface area (Å²) in [5.74, 6) is 0. The minimum Gasteiger partial charge on any atom is -0.309 e. The maximum atomic E-state index is 4.50. The van der Waals surface area contributed by atoms with Gasteiger partial charge < -0.3 is 5.32 Å². The number of aromatic nitrogens is 1. The van der Waals surface area contributed by atoms with Gasteiger partial charge in [0.25, 0.3) is 0 Å². The third kappa shape index (κ3) is 3.37. The second-order valence-corrected chi connectivity index (χ2v) is 7.37. The second kappa shape index (κ2) is 6.09. The molecule has 92 valence electrons. The van der Waals surface area contributed by atoms with Crippen LogP contribution in [0.4, 0.5) is 0 Å². The molecule has 0 radical (unpaired) electrons. The second-order valence-electron chi connectivity index (χ2n) is 3.85. The zero-order chi connectivity index (χ0) is 12.3. The summed E-state index contributed by atoms with van der Waals surface area (Å²) >= 11 is 6.98. The molecule has 2 heterocycles. The molecule has 0 saturated heterocycles. The van der Waals surface area contributed by atoms with Crippen molar-refractivity contribution in [2.45, 2.75) is 26.3 Å². The van der Waals surface area contributed by atoms with Gasteiger partial charge in [0.2, 0.25) is 0 Å². The summed E-state index contributed by atoms with van der Waals surface area (Å²) in [6.07, 6.45) is 3.15. The molecule has 0 saturated carbocycles. The Balaban J connectivity index is 2.10. The number of halogens is 1. The van der Waals surface area contributed by atoms with Crippen LogP contribution in [-0.2, 0) is 0 Å². The van der Waals surface area contributed by atoms with Gasteiger partial charge in [-0.25, -0.2) is 4.98 Å². The van der Waals surface area contributed by atoms with Crippen LogP contribution in [0.1, 0.15) is 31.2 Å². The first-order valence-electron chi connectivity index (χ1n) is 5.65. The first-order chi connectivity index (χ1) is 8.20. The van der Waals surface area contributed by atoms with Crippen LogP contribution in [0.25, 0.3) is 9.88 Å². The topological polar surface area (TPSA) is 24.9 Å². The van der Waals surface area contributed by atoms with Crippen molar-refractivity contribution in [3.63, 3.8) is 0 Å². The fourth-order valence-corrected chi connectivity index (χ4v) is 3.88. The molecule has 0 spiro atoms. The molecule has 1 unspecified atom stereocenters. The molecule has 0 bridgehead atoms. The summed E-state index contributed by atoms with van der Waals surface area (Å²) in [5.41, 5.74) is 0. The lowest BCUT2D eigenvalue weighted by atomic mass is 10.3. The lowest BCUT2D eigenvalue weighted by Gasteiger charge is -2.09. The molecule has 0 aromatic carbocycles. The Bertz CT molecular complexity index is 478. The Labute approximate surface area is 118 Å². The zero-order valence-corrected chi connectivity index (χ0v) is 13.1. The molecule has 2 aromatic heterocycles. The predicted octanol–water partition coefficient (Wildman–Crippen LogP) is 4.69. The molecular weight excluding hydrogens is 316 g/mol. The van der Waals surface area contributed by atoms with Gasteiger partial charge in [0.1, 0.15) is 5.01 Å². The Morgan fingerprint density at radius 2 is 2.24 bits per heavy atom. The summed E-state index contributed by atoms with van der Waals surface area (Å²) < 4.78 is 1.15. The van der Waals surface area contributed by atoms with Crippen LogP contribution >= 0.6 is 38.6 Å². The number of nitrogens with zero attached hydrogens (tertiary/aromatic N) is 1. The molecule has 1 atom stereocenters. The number of thiazole rings is 1. The third-order valence-corrected chi connectivity index (χ3v) is 5.41. The average molecular weight is 331 g/mol. The van der Waals surface area contributed by atoms with E-state index >= 15 is 0 Å². The van der Waals surface area contributed by atoms with E-state index in [4.69, 9.17) is 0 Å². The van der Waals surface area contributed by atoms with E-state index in [0.717, 1.165) is 21.8 Å². The lowest BCUT2D eigenvalue weighted by molar-refractivity contribution is 0.577. The number of thiophene rings is 1. The Kier molecular flexibility index (Phi) is 4.73. The Hall–Kier alpha value is -0.230. The number of nitrogens with one attached hydrogen (secondary N) is 1. The van der Waals surface area contributed by atoms with Gasteiger partial charge in [0.15, 0.2) is 0 Å². The molecule has 0 fully saturated rings. The summed E-state index contributed by atoms with van der Waals surface area (Å²) in [6, 6.07) is 4.58. The van der Waals surface area contributed by atoms with Crippen LogP contribution in [-0.4, -0.2) is 11.5 Å². The van der Waals surface area contributed by atoms with Crippen LogP contribution < -0.4 is 5.32 Å². The Morgan fingerprint density at radius 1 is 1.41 bits per heavy atom. The highest BCUT2D eigenvalue weighted by atomic mass is 79.9. The van der Waals surface area contributed by atoms with Gasteiger partial charge in [-0.3, -0.25) is 0 Å². The standard InChI is InChI=1S/C12H15BrN2S2/c1-3-6-14-8(2)10-7-15-12(17-10)9-4-5-11(13)16-9/h4-5,7-8,14H,3,6H2,1-2H3. The van der Waals surface area contributed by atoms with Gasteiger partial charge in [-0.15, -0.1) is 22.7 Å². The van der Waals surface area contributed by atoms with Crippen LogP contribution in [0.2, 0.25) is 0 Å². The van der Waals surface area contributed by atoms with Crippen molar-refractivity contribution in [1.29, 1.82) is 0 Å². The molecule has 1 N–H and O–H groups in total.